The van der Waals surface area contributed by atoms with Crippen LogP contribution in [0.3, 0.4) is 0 Å². The predicted molar refractivity (Wildman–Crippen MR) is 111 cm³/mol. The molecule has 0 radical (unpaired) electrons. The van der Waals surface area contributed by atoms with Crippen LogP contribution in [-0.2, 0) is 11.8 Å². The molecule has 0 aliphatic heterocycles. The van der Waals surface area contributed by atoms with E-state index in [9.17, 15) is 9.59 Å². The number of hydrogen-bond acceptors (Lipinski definition) is 5. The Morgan fingerprint density at radius 3 is 2.79 bits per heavy atom. The van der Waals surface area contributed by atoms with Gasteiger partial charge in [-0.2, -0.15) is 0 Å². The third-order valence-corrected chi connectivity index (χ3v) is 6.58. The van der Waals surface area contributed by atoms with Crippen molar-refractivity contribution in [3.8, 4) is 0 Å². The monoisotopic (exact) mass is 399 g/mol. The van der Waals surface area contributed by atoms with Crippen LogP contribution < -0.4 is 10.9 Å². The first-order valence-corrected chi connectivity index (χ1v) is 10.7. The summed E-state index contributed by atoms with van der Waals surface area (Å²) in [5.41, 5.74) is 0.647. The molecule has 7 nitrogen and oxygen atoms in total. The summed E-state index contributed by atoms with van der Waals surface area (Å²) in [6.07, 6.45) is 6.26. The SMILES string of the molecule is CC(Sc1nnc2n(C)c(=O)c3ccccc3n12)C(=O)NCC1CCCCC1. The van der Waals surface area contributed by atoms with Gasteiger partial charge in [0.15, 0.2) is 5.16 Å². The molecule has 148 valence electrons. The highest BCUT2D eigenvalue weighted by Gasteiger charge is 2.22. The van der Waals surface area contributed by atoms with Gasteiger partial charge in [0.05, 0.1) is 16.2 Å². The van der Waals surface area contributed by atoms with Crippen molar-refractivity contribution in [1.29, 1.82) is 0 Å². The number of carbonyl (C=O) groups excluding carboxylic acids is 1. The number of thioether (sulfide) groups is 1. The number of benzene rings is 1. The van der Waals surface area contributed by atoms with E-state index in [2.05, 4.69) is 15.5 Å². The first-order valence-electron chi connectivity index (χ1n) is 9.83. The van der Waals surface area contributed by atoms with Gasteiger partial charge in [0.25, 0.3) is 5.56 Å². The Bertz CT molecular complexity index is 1070. The zero-order chi connectivity index (χ0) is 19.7. The second-order valence-electron chi connectivity index (χ2n) is 7.51. The minimum Gasteiger partial charge on any atom is -0.355 e. The normalized spacial score (nSPS) is 16.5. The van der Waals surface area contributed by atoms with E-state index in [1.807, 2.05) is 29.5 Å². The highest BCUT2D eigenvalue weighted by atomic mass is 32.2. The third kappa shape index (κ3) is 3.53. The molecule has 1 aliphatic carbocycles. The number of aryl methyl sites for hydroxylation is 1. The molecule has 1 unspecified atom stereocenters. The molecule has 2 heterocycles. The second kappa shape index (κ2) is 7.95. The molecule has 1 aromatic carbocycles. The molecule has 3 aromatic rings. The maximum atomic E-state index is 12.6. The minimum absolute atomic E-state index is 0.0152. The number of hydrogen-bond donors (Lipinski definition) is 1. The first-order chi connectivity index (χ1) is 13.6. The highest BCUT2D eigenvalue weighted by Crippen LogP contribution is 2.26. The van der Waals surface area contributed by atoms with E-state index in [1.165, 1.54) is 48.4 Å². The molecule has 2 aromatic heterocycles. The Morgan fingerprint density at radius 2 is 2.00 bits per heavy atom. The largest absolute Gasteiger partial charge is 0.355 e. The van der Waals surface area contributed by atoms with Crippen LogP contribution in [0, 0.1) is 5.92 Å². The molecule has 1 amide bonds. The lowest BCUT2D eigenvalue weighted by Gasteiger charge is -2.22. The topological polar surface area (TPSA) is 81.3 Å². The fourth-order valence-corrected chi connectivity index (χ4v) is 4.76. The minimum atomic E-state index is -0.299. The quantitative estimate of drug-likeness (QED) is 0.667. The Kier molecular flexibility index (Phi) is 5.39. The summed E-state index contributed by atoms with van der Waals surface area (Å²) in [6, 6.07) is 7.40. The third-order valence-electron chi connectivity index (χ3n) is 5.54. The van der Waals surface area contributed by atoms with E-state index >= 15 is 0 Å². The molecule has 1 saturated carbocycles. The van der Waals surface area contributed by atoms with Gasteiger partial charge >= 0.3 is 0 Å². The smallest absolute Gasteiger partial charge is 0.262 e. The van der Waals surface area contributed by atoms with Crippen LogP contribution >= 0.6 is 11.8 Å². The van der Waals surface area contributed by atoms with E-state index in [-0.39, 0.29) is 16.7 Å². The van der Waals surface area contributed by atoms with Gasteiger partial charge < -0.3 is 5.32 Å². The number of nitrogens with one attached hydrogen (secondary N) is 1. The van der Waals surface area contributed by atoms with E-state index in [4.69, 9.17) is 0 Å². The number of amides is 1. The molecule has 28 heavy (non-hydrogen) atoms. The van der Waals surface area contributed by atoms with Crippen LogP contribution in [0.1, 0.15) is 39.0 Å². The standard InChI is InChI=1S/C20H25N5O2S/c1-13(17(26)21-12-14-8-4-3-5-9-14)28-20-23-22-19-24(2)18(27)15-10-6-7-11-16(15)25(19)20/h6-7,10-11,13-14H,3-5,8-9,12H2,1-2H3,(H,21,26). The summed E-state index contributed by atoms with van der Waals surface area (Å²) >= 11 is 1.37. The molecule has 1 N–H and O–H groups in total. The van der Waals surface area contributed by atoms with E-state index in [0.29, 0.717) is 22.2 Å². The molecular weight excluding hydrogens is 374 g/mol. The molecule has 0 spiro atoms. The van der Waals surface area contributed by atoms with Gasteiger partial charge in [-0.3, -0.25) is 18.6 Å². The number of rotatable bonds is 5. The van der Waals surface area contributed by atoms with E-state index < -0.39 is 0 Å². The molecule has 1 aliphatic rings. The van der Waals surface area contributed by atoms with Crippen molar-refractivity contribution in [2.24, 2.45) is 13.0 Å². The highest BCUT2D eigenvalue weighted by molar-refractivity contribution is 8.00. The van der Waals surface area contributed by atoms with E-state index in [0.717, 1.165) is 12.1 Å². The number of para-hydroxylation sites is 1. The van der Waals surface area contributed by atoms with Gasteiger partial charge in [0.1, 0.15) is 0 Å². The summed E-state index contributed by atoms with van der Waals surface area (Å²) in [7, 11) is 1.69. The zero-order valence-electron chi connectivity index (χ0n) is 16.2. The van der Waals surface area contributed by atoms with Crippen molar-refractivity contribution in [3.05, 3.63) is 34.6 Å². The van der Waals surface area contributed by atoms with Crippen LogP contribution in [0.2, 0.25) is 0 Å². The lowest BCUT2D eigenvalue weighted by Crippen LogP contribution is -2.35. The van der Waals surface area contributed by atoms with Crippen molar-refractivity contribution in [2.45, 2.75) is 49.4 Å². The number of fused-ring (bicyclic) bond motifs is 3. The molecule has 1 fully saturated rings. The number of aromatic nitrogens is 4. The first kappa shape index (κ1) is 19.0. The van der Waals surface area contributed by atoms with Crippen LogP contribution in [0.25, 0.3) is 16.7 Å². The second-order valence-corrected chi connectivity index (χ2v) is 8.82. The van der Waals surface area contributed by atoms with Gasteiger partial charge in [-0.15, -0.1) is 10.2 Å². The molecule has 8 heteroatoms. The average molecular weight is 400 g/mol. The number of carbonyl (C=O) groups is 1. The summed E-state index contributed by atoms with van der Waals surface area (Å²) in [6.45, 7) is 2.63. The fraction of sp³-hybridized carbons (Fsp3) is 0.500. The summed E-state index contributed by atoms with van der Waals surface area (Å²) in [5, 5.41) is 12.5. The molecule has 1 atom stereocenters. The van der Waals surface area contributed by atoms with Crippen molar-refractivity contribution < 1.29 is 4.79 Å². The Morgan fingerprint density at radius 1 is 1.25 bits per heavy atom. The van der Waals surface area contributed by atoms with Crippen molar-refractivity contribution >= 4 is 34.3 Å². The van der Waals surface area contributed by atoms with Gasteiger partial charge in [0, 0.05) is 13.6 Å². The Hall–Kier alpha value is -2.35. The average Bonchev–Trinajstić information content (AvgIpc) is 3.14. The van der Waals surface area contributed by atoms with E-state index in [1.54, 1.807) is 13.1 Å². The molecule has 0 bridgehead atoms. The Balaban J connectivity index is 1.56. The summed E-state index contributed by atoms with van der Waals surface area (Å²) in [4.78, 5) is 25.1. The van der Waals surface area contributed by atoms with Crippen molar-refractivity contribution in [3.63, 3.8) is 0 Å². The van der Waals surface area contributed by atoms with Gasteiger partial charge in [0.2, 0.25) is 11.7 Å². The van der Waals surface area contributed by atoms with Crippen LogP contribution in [0.4, 0.5) is 0 Å². The maximum Gasteiger partial charge on any atom is 0.262 e. The molecule has 4 rings (SSSR count). The zero-order valence-corrected chi connectivity index (χ0v) is 17.0. The lowest BCUT2D eigenvalue weighted by atomic mass is 9.89. The van der Waals surface area contributed by atoms with Crippen molar-refractivity contribution in [2.75, 3.05) is 6.54 Å². The summed E-state index contributed by atoms with van der Waals surface area (Å²) < 4.78 is 3.35. The summed E-state index contributed by atoms with van der Waals surface area (Å²) in [5.74, 6) is 1.09. The lowest BCUT2D eigenvalue weighted by molar-refractivity contribution is -0.120. The van der Waals surface area contributed by atoms with Gasteiger partial charge in [-0.25, -0.2) is 0 Å². The predicted octanol–water partition coefficient (Wildman–Crippen LogP) is 2.76. The van der Waals surface area contributed by atoms with Gasteiger partial charge in [-0.05, 0) is 37.8 Å². The van der Waals surface area contributed by atoms with Crippen molar-refractivity contribution in [1.82, 2.24) is 24.5 Å². The van der Waals surface area contributed by atoms with Gasteiger partial charge in [-0.1, -0.05) is 43.2 Å². The molecular formula is C20H25N5O2S. The maximum absolute atomic E-state index is 12.6. The van der Waals surface area contributed by atoms with Crippen LogP contribution in [0.5, 0.6) is 0 Å². The fourth-order valence-electron chi connectivity index (χ4n) is 3.88. The van der Waals surface area contributed by atoms with Crippen LogP contribution in [0.15, 0.2) is 34.2 Å². The van der Waals surface area contributed by atoms with Crippen LogP contribution in [-0.4, -0.2) is 36.9 Å². The Labute approximate surface area is 167 Å². The molecule has 0 saturated heterocycles. The number of nitrogens with zero attached hydrogens (tertiary/aromatic N) is 4.